The second-order valence-corrected chi connectivity index (χ2v) is 4.98. The van der Waals surface area contributed by atoms with Gasteiger partial charge in [0.1, 0.15) is 0 Å². The van der Waals surface area contributed by atoms with Gasteiger partial charge in [-0.2, -0.15) is 0 Å². The van der Waals surface area contributed by atoms with Crippen molar-refractivity contribution in [1.29, 1.82) is 0 Å². The molecule has 3 rings (SSSR count). The number of hydrogen-bond donors (Lipinski definition) is 0. The fraction of sp³-hybridized carbons (Fsp3) is 0.312. The van der Waals surface area contributed by atoms with Crippen molar-refractivity contribution < 1.29 is 13.6 Å². The molecule has 1 heterocycles. The largest absolute Gasteiger partial charge is 0.450 e. The smallest absolute Gasteiger partial charge is 0.202 e. The number of halogens is 1. The summed E-state index contributed by atoms with van der Waals surface area (Å²) in [4.78, 5) is 12.1. The fourth-order valence-electron chi connectivity index (χ4n) is 2.52. The Morgan fingerprint density at radius 2 is 2.21 bits per heavy atom. The number of fused-ring (bicyclic) bond motifs is 1. The van der Waals surface area contributed by atoms with Crippen LogP contribution < -0.4 is 0 Å². The third-order valence-corrected chi connectivity index (χ3v) is 3.54. The Morgan fingerprint density at radius 1 is 1.32 bits per heavy atom. The Bertz CT molecular complexity index is 652. The van der Waals surface area contributed by atoms with E-state index in [4.69, 9.17) is 4.42 Å². The number of ketones is 1. The predicted molar refractivity (Wildman–Crippen MR) is 71.7 cm³/mol. The lowest BCUT2D eigenvalue weighted by Gasteiger charge is -2.10. The summed E-state index contributed by atoms with van der Waals surface area (Å²) in [6, 6.07) is 6.33. The van der Waals surface area contributed by atoms with E-state index in [0.717, 1.165) is 19.3 Å². The van der Waals surface area contributed by atoms with Crippen LogP contribution in [-0.4, -0.2) is 5.78 Å². The van der Waals surface area contributed by atoms with Crippen molar-refractivity contribution in [1.82, 2.24) is 0 Å². The first-order valence-electron chi connectivity index (χ1n) is 6.63. The molecule has 1 aliphatic carbocycles. The third kappa shape index (κ3) is 2.46. The van der Waals surface area contributed by atoms with Crippen LogP contribution >= 0.6 is 0 Å². The molecule has 1 aliphatic rings. The normalized spacial score (nSPS) is 15.5. The molecule has 2 nitrogen and oxygen atoms in total. The van der Waals surface area contributed by atoms with Crippen LogP contribution in [0.2, 0.25) is 0 Å². The highest BCUT2D eigenvalue weighted by Crippen LogP contribution is 2.26. The quantitative estimate of drug-likeness (QED) is 0.592. The zero-order valence-electron chi connectivity index (χ0n) is 10.6. The van der Waals surface area contributed by atoms with Crippen LogP contribution in [0.1, 0.15) is 42.7 Å². The molecule has 0 amide bonds. The third-order valence-electron chi connectivity index (χ3n) is 3.54. The first kappa shape index (κ1) is 12.2. The molecular formula is C16H15FO2. The standard InChI is InChI=1S/C16H15FO2/c17-13-8-4-7-12-10-15(19-16(12)13)14(18)9-11-5-2-1-3-6-11/h4-5,7-8,10H,1-3,6,9H2. The van der Waals surface area contributed by atoms with Crippen LogP contribution in [0.3, 0.4) is 0 Å². The van der Waals surface area contributed by atoms with Crippen LogP contribution in [0, 0.1) is 5.82 Å². The monoisotopic (exact) mass is 258 g/mol. The molecule has 0 fully saturated rings. The molecule has 3 heteroatoms. The van der Waals surface area contributed by atoms with Crippen LogP contribution in [-0.2, 0) is 0 Å². The van der Waals surface area contributed by atoms with Gasteiger partial charge in [0.2, 0.25) is 5.78 Å². The second-order valence-electron chi connectivity index (χ2n) is 4.98. The Morgan fingerprint density at radius 3 is 2.95 bits per heavy atom. The molecule has 1 aromatic heterocycles. The van der Waals surface area contributed by atoms with Crippen LogP contribution in [0.25, 0.3) is 11.0 Å². The van der Waals surface area contributed by atoms with Crippen molar-refractivity contribution in [3.05, 3.63) is 47.5 Å². The minimum absolute atomic E-state index is 0.0660. The zero-order valence-corrected chi connectivity index (χ0v) is 10.6. The first-order valence-corrected chi connectivity index (χ1v) is 6.63. The van der Waals surface area contributed by atoms with Crippen LogP contribution in [0.5, 0.6) is 0 Å². The van der Waals surface area contributed by atoms with E-state index in [1.807, 2.05) is 0 Å². The van der Waals surface area contributed by atoms with Gasteiger partial charge in [0.15, 0.2) is 17.2 Å². The van der Waals surface area contributed by atoms with Gasteiger partial charge in [0.25, 0.3) is 0 Å². The second kappa shape index (κ2) is 5.00. The number of furan rings is 1. The van der Waals surface area contributed by atoms with E-state index in [-0.39, 0.29) is 17.1 Å². The molecule has 1 aromatic carbocycles. The molecule has 0 saturated carbocycles. The van der Waals surface area contributed by atoms with E-state index in [0.29, 0.717) is 11.8 Å². The molecule has 0 saturated heterocycles. The molecule has 0 aliphatic heterocycles. The minimum atomic E-state index is -0.423. The van der Waals surface area contributed by atoms with E-state index in [1.54, 1.807) is 18.2 Å². The predicted octanol–water partition coefficient (Wildman–Crippen LogP) is 4.65. The van der Waals surface area contributed by atoms with Gasteiger partial charge in [-0.3, -0.25) is 4.79 Å². The Kier molecular flexibility index (Phi) is 3.20. The number of carbonyl (C=O) groups excluding carboxylic acids is 1. The average molecular weight is 258 g/mol. The van der Waals surface area contributed by atoms with Gasteiger partial charge < -0.3 is 4.42 Å². The number of rotatable bonds is 3. The molecule has 2 aromatic rings. The molecule has 0 unspecified atom stereocenters. The topological polar surface area (TPSA) is 30.2 Å². The van der Waals surface area contributed by atoms with Crippen molar-refractivity contribution in [3.8, 4) is 0 Å². The SMILES string of the molecule is O=C(CC1=CCCCC1)c1cc2cccc(F)c2o1. The maximum absolute atomic E-state index is 13.5. The molecule has 0 radical (unpaired) electrons. The lowest BCUT2D eigenvalue weighted by Crippen LogP contribution is -2.01. The summed E-state index contributed by atoms with van der Waals surface area (Å²) in [5.74, 6) is -0.233. The number of hydrogen-bond acceptors (Lipinski definition) is 2. The van der Waals surface area contributed by atoms with E-state index in [9.17, 15) is 9.18 Å². The summed E-state index contributed by atoms with van der Waals surface area (Å²) in [6.45, 7) is 0. The van der Waals surface area contributed by atoms with Gasteiger partial charge in [0.05, 0.1) is 0 Å². The highest BCUT2D eigenvalue weighted by atomic mass is 19.1. The summed E-state index contributed by atoms with van der Waals surface area (Å²) >= 11 is 0. The van der Waals surface area contributed by atoms with E-state index >= 15 is 0 Å². The average Bonchev–Trinajstić information content (AvgIpc) is 2.85. The molecule has 0 atom stereocenters. The molecule has 0 N–H and O–H groups in total. The molecule has 19 heavy (non-hydrogen) atoms. The maximum Gasteiger partial charge on any atom is 0.202 e. The van der Waals surface area contributed by atoms with E-state index in [1.165, 1.54) is 18.1 Å². The van der Waals surface area contributed by atoms with Crippen molar-refractivity contribution in [2.24, 2.45) is 0 Å². The van der Waals surface area contributed by atoms with Gasteiger partial charge in [-0.25, -0.2) is 4.39 Å². The van der Waals surface area contributed by atoms with Crippen molar-refractivity contribution in [2.45, 2.75) is 32.1 Å². The highest BCUT2D eigenvalue weighted by molar-refractivity contribution is 5.98. The number of allylic oxidation sites excluding steroid dienone is 2. The first-order chi connectivity index (χ1) is 9.24. The van der Waals surface area contributed by atoms with E-state index < -0.39 is 5.82 Å². The van der Waals surface area contributed by atoms with Gasteiger partial charge in [-0.05, 0) is 37.8 Å². The molecule has 98 valence electrons. The lowest BCUT2D eigenvalue weighted by atomic mass is 9.95. The van der Waals surface area contributed by atoms with Crippen LogP contribution in [0.4, 0.5) is 4.39 Å². The van der Waals surface area contributed by atoms with Crippen molar-refractivity contribution in [2.75, 3.05) is 0 Å². The Hall–Kier alpha value is -1.90. The van der Waals surface area contributed by atoms with Gasteiger partial charge in [-0.1, -0.05) is 23.8 Å². The minimum Gasteiger partial charge on any atom is -0.450 e. The molecule has 0 spiro atoms. The van der Waals surface area contributed by atoms with Crippen LogP contribution in [0.15, 0.2) is 40.3 Å². The summed E-state index contributed by atoms with van der Waals surface area (Å²) in [6.07, 6.45) is 6.92. The molecular weight excluding hydrogens is 243 g/mol. The van der Waals surface area contributed by atoms with Crippen molar-refractivity contribution >= 4 is 16.8 Å². The van der Waals surface area contributed by atoms with Gasteiger partial charge >= 0.3 is 0 Å². The Labute approximate surface area is 110 Å². The molecule has 0 bridgehead atoms. The van der Waals surface area contributed by atoms with Gasteiger partial charge in [0, 0.05) is 11.8 Å². The number of Topliss-reactive ketones (excluding diaryl/α,β-unsaturated/α-hetero) is 1. The lowest BCUT2D eigenvalue weighted by molar-refractivity contribution is 0.0967. The number of para-hydroxylation sites is 1. The van der Waals surface area contributed by atoms with Gasteiger partial charge in [-0.15, -0.1) is 0 Å². The maximum atomic E-state index is 13.5. The summed E-state index contributed by atoms with van der Waals surface area (Å²) < 4.78 is 18.9. The van der Waals surface area contributed by atoms with Crippen molar-refractivity contribution in [3.63, 3.8) is 0 Å². The Balaban J connectivity index is 1.85. The number of carbonyl (C=O) groups is 1. The summed E-state index contributed by atoms with van der Waals surface area (Å²) in [5.41, 5.74) is 1.35. The van der Waals surface area contributed by atoms with E-state index in [2.05, 4.69) is 6.08 Å². The summed E-state index contributed by atoms with van der Waals surface area (Å²) in [5, 5.41) is 0.640. The highest BCUT2D eigenvalue weighted by Gasteiger charge is 2.16. The zero-order chi connectivity index (χ0) is 13.2. The fourth-order valence-corrected chi connectivity index (χ4v) is 2.52. The summed E-state index contributed by atoms with van der Waals surface area (Å²) in [7, 11) is 0. The number of benzene rings is 1.